The third kappa shape index (κ3) is 2.74. The van der Waals surface area contributed by atoms with Crippen molar-refractivity contribution in [1.29, 1.82) is 0 Å². The number of nitrogens with one attached hydrogen (secondary N) is 1. The van der Waals surface area contributed by atoms with E-state index in [0.717, 1.165) is 16.3 Å². The van der Waals surface area contributed by atoms with E-state index in [1.807, 2.05) is 36.4 Å². The molecular formula is C14H12ClNO2S. The number of ether oxygens (including phenoxy) is 1. The highest BCUT2D eigenvalue weighted by atomic mass is 35.5. The minimum atomic E-state index is -0.434. The maximum atomic E-state index is 12.2. The molecule has 0 bridgehead atoms. The van der Waals surface area contributed by atoms with Crippen molar-refractivity contribution in [2.24, 2.45) is 0 Å². The van der Waals surface area contributed by atoms with E-state index in [9.17, 15) is 4.79 Å². The first-order valence-corrected chi connectivity index (χ1v) is 7.18. The number of rotatable bonds is 3. The van der Waals surface area contributed by atoms with E-state index in [2.05, 4.69) is 5.32 Å². The van der Waals surface area contributed by atoms with Crippen molar-refractivity contribution in [3.63, 3.8) is 0 Å². The summed E-state index contributed by atoms with van der Waals surface area (Å²) < 4.78 is 6.44. The second-order valence-corrected chi connectivity index (χ2v) is 6.13. The lowest BCUT2D eigenvalue weighted by Crippen LogP contribution is -2.38. The molecule has 1 aromatic heterocycles. The standard InChI is InChI=1S/C14H12ClNO2S/c15-14-6-5-9(19-14)7-11(17)13-8-16-10-3-1-2-4-12(10)18-13/h1-6,13,16H,7-8H2. The highest BCUT2D eigenvalue weighted by Crippen LogP contribution is 2.29. The Labute approximate surface area is 120 Å². The average molecular weight is 294 g/mol. The summed E-state index contributed by atoms with van der Waals surface area (Å²) >= 11 is 7.29. The van der Waals surface area contributed by atoms with Crippen LogP contribution in [-0.2, 0) is 11.2 Å². The number of halogens is 1. The predicted molar refractivity (Wildman–Crippen MR) is 77.4 cm³/mol. The topological polar surface area (TPSA) is 38.3 Å². The van der Waals surface area contributed by atoms with Crippen molar-refractivity contribution in [3.8, 4) is 5.75 Å². The van der Waals surface area contributed by atoms with Crippen LogP contribution in [0.2, 0.25) is 4.34 Å². The molecule has 2 heterocycles. The van der Waals surface area contributed by atoms with E-state index in [1.165, 1.54) is 11.3 Å². The molecule has 1 aromatic carbocycles. The molecule has 19 heavy (non-hydrogen) atoms. The molecule has 98 valence electrons. The van der Waals surface area contributed by atoms with Crippen molar-refractivity contribution in [1.82, 2.24) is 0 Å². The van der Waals surface area contributed by atoms with E-state index in [4.69, 9.17) is 16.3 Å². The molecule has 1 aliphatic rings. The molecule has 0 spiro atoms. The first-order valence-electron chi connectivity index (χ1n) is 5.99. The number of hydrogen-bond donors (Lipinski definition) is 1. The van der Waals surface area contributed by atoms with Crippen LogP contribution in [0.1, 0.15) is 4.88 Å². The zero-order chi connectivity index (χ0) is 13.2. The van der Waals surface area contributed by atoms with E-state index in [-0.39, 0.29) is 5.78 Å². The van der Waals surface area contributed by atoms with Crippen LogP contribution >= 0.6 is 22.9 Å². The Morgan fingerprint density at radius 1 is 1.37 bits per heavy atom. The third-order valence-electron chi connectivity index (χ3n) is 2.97. The number of anilines is 1. The SMILES string of the molecule is O=C(Cc1ccc(Cl)s1)C1CNc2ccccc2O1. The number of fused-ring (bicyclic) bond motifs is 1. The largest absolute Gasteiger partial charge is 0.479 e. The van der Waals surface area contributed by atoms with Gasteiger partial charge in [0, 0.05) is 11.3 Å². The molecule has 0 aliphatic carbocycles. The minimum absolute atomic E-state index is 0.0699. The van der Waals surface area contributed by atoms with Crippen LogP contribution in [0.15, 0.2) is 36.4 Å². The Balaban J connectivity index is 1.69. The summed E-state index contributed by atoms with van der Waals surface area (Å²) in [5.74, 6) is 0.803. The molecule has 1 unspecified atom stereocenters. The average Bonchev–Trinajstić information content (AvgIpc) is 2.83. The van der Waals surface area contributed by atoms with Gasteiger partial charge in [-0.25, -0.2) is 0 Å². The van der Waals surface area contributed by atoms with E-state index < -0.39 is 6.10 Å². The molecule has 2 aromatic rings. The molecule has 1 aliphatic heterocycles. The van der Waals surface area contributed by atoms with Crippen molar-refractivity contribution in [2.45, 2.75) is 12.5 Å². The smallest absolute Gasteiger partial charge is 0.180 e. The summed E-state index contributed by atoms with van der Waals surface area (Å²) in [5.41, 5.74) is 0.936. The fourth-order valence-electron chi connectivity index (χ4n) is 2.02. The number of para-hydroxylation sites is 2. The maximum Gasteiger partial charge on any atom is 0.180 e. The Morgan fingerprint density at radius 3 is 3.00 bits per heavy atom. The Hall–Kier alpha value is -1.52. The van der Waals surface area contributed by atoms with Crippen molar-refractivity contribution < 1.29 is 9.53 Å². The van der Waals surface area contributed by atoms with Gasteiger partial charge in [-0.05, 0) is 24.3 Å². The van der Waals surface area contributed by atoms with Crippen molar-refractivity contribution in [3.05, 3.63) is 45.6 Å². The Bertz CT molecular complexity index is 611. The van der Waals surface area contributed by atoms with Gasteiger partial charge < -0.3 is 10.1 Å². The zero-order valence-corrected chi connectivity index (χ0v) is 11.6. The number of benzene rings is 1. The van der Waals surface area contributed by atoms with Crippen LogP contribution < -0.4 is 10.1 Å². The van der Waals surface area contributed by atoms with Gasteiger partial charge in [0.25, 0.3) is 0 Å². The van der Waals surface area contributed by atoms with Gasteiger partial charge in [0.2, 0.25) is 0 Å². The minimum Gasteiger partial charge on any atom is -0.479 e. The van der Waals surface area contributed by atoms with E-state index in [0.29, 0.717) is 17.3 Å². The summed E-state index contributed by atoms with van der Waals surface area (Å²) in [6.07, 6.45) is -0.0675. The number of ketones is 1. The van der Waals surface area contributed by atoms with Crippen LogP contribution in [0.4, 0.5) is 5.69 Å². The van der Waals surface area contributed by atoms with E-state index >= 15 is 0 Å². The van der Waals surface area contributed by atoms with Gasteiger partial charge in [0.1, 0.15) is 5.75 Å². The number of thiophene rings is 1. The Kier molecular flexibility index (Phi) is 3.44. The lowest BCUT2D eigenvalue weighted by Gasteiger charge is -2.26. The summed E-state index contributed by atoms with van der Waals surface area (Å²) in [7, 11) is 0. The molecule has 0 saturated carbocycles. The first-order chi connectivity index (χ1) is 9.22. The normalized spacial score (nSPS) is 17.2. The molecule has 0 radical (unpaired) electrons. The van der Waals surface area contributed by atoms with Gasteiger partial charge in [0.05, 0.1) is 16.6 Å². The van der Waals surface area contributed by atoms with Gasteiger partial charge in [-0.3, -0.25) is 4.79 Å². The van der Waals surface area contributed by atoms with E-state index in [1.54, 1.807) is 0 Å². The van der Waals surface area contributed by atoms with Crippen LogP contribution in [0, 0.1) is 0 Å². The van der Waals surface area contributed by atoms with Crippen LogP contribution in [0.25, 0.3) is 0 Å². The van der Waals surface area contributed by atoms with Crippen LogP contribution in [0.5, 0.6) is 5.75 Å². The van der Waals surface area contributed by atoms with Crippen LogP contribution in [-0.4, -0.2) is 18.4 Å². The molecule has 3 rings (SSSR count). The number of hydrogen-bond acceptors (Lipinski definition) is 4. The van der Waals surface area contributed by atoms with Gasteiger partial charge in [-0.1, -0.05) is 23.7 Å². The summed E-state index contributed by atoms with van der Waals surface area (Å²) in [5, 5.41) is 3.22. The number of Topliss-reactive ketones (excluding diaryl/α,β-unsaturated/α-hetero) is 1. The van der Waals surface area contributed by atoms with Crippen molar-refractivity contribution >= 4 is 34.4 Å². The molecule has 3 nitrogen and oxygen atoms in total. The monoisotopic (exact) mass is 293 g/mol. The molecule has 0 fully saturated rings. The Morgan fingerprint density at radius 2 is 2.21 bits per heavy atom. The van der Waals surface area contributed by atoms with Crippen molar-refractivity contribution in [2.75, 3.05) is 11.9 Å². The number of carbonyl (C=O) groups excluding carboxylic acids is 1. The highest BCUT2D eigenvalue weighted by Gasteiger charge is 2.25. The lowest BCUT2D eigenvalue weighted by atomic mass is 10.1. The quantitative estimate of drug-likeness (QED) is 0.943. The lowest BCUT2D eigenvalue weighted by molar-refractivity contribution is -0.124. The molecule has 0 saturated heterocycles. The fourth-order valence-corrected chi connectivity index (χ4v) is 3.12. The third-order valence-corrected chi connectivity index (χ3v) is 4.20. The second-order valence-electron chi connectivity index (χ2n) is 4.33. The first kappa shape index (κ1) is 12.5. The second kappa shape index (κ2) is 5.23. The van der Waals surface area contributed by atoms with Gasteiger partial charge in [-0.15, -0.1) is 11.3 Å². The molecule has 1 N–H and O–H groups in total. The van der Waals surface area contributed by atoms with Gasteiger partial charge in [-0.2, -0.15) is 0 Å². The predicted octanol–water partition coefficient (Wildman–Crippen LogP) is 3.39. The fraction of sp³-hybridized carbons (Fsp3) is 0.214. The summed E-state index contributed by atoms with van der Waals surface area (Å²) in [6.45, 7) is 0.509. The zero-order valence-electron chi connectivity index (χ0n) is 10.1. The highest BCUT2D eigenvalue weighted by molar-refractivity contribution is 7.16. The molecular weight excluding hydrogens is 282 g/mol. The van der Waals surface area contributed by atoms with Gasteiger partial charge >= 0.3 is 0 Å². The van der Waals surface area contributed by atoms with Crippen LogP contribution in [0.3, 0.4) is 0 Å². The maximum absolute atomic E-state index is 12.2. The van der Waals surface area contributed by atoms with Gasteiger partial charge in [0.15, 0.2) is 11.9 Å². The summed E-state index contributed by atoms with van der Waals surface area (Å²) in [4.78, 5) is 13.2. The summed E-state index contributed by atoms with van der Waals surface area (Å²) in [6, 6.07) is 11.3. The molecule has 1 atom stereocenters. The molecule has 0 amide bonds. The number of carbonyl (C=O) groups is 1. The molecule has 5 heteroatoms.